The fourth-order valence-corrected chi connectivity index (χ4v) is 5.41. The third kappa shape index (κ3) is 5.14. The fraction of sp³-hybridized carbons (Fsp3) is 0.105. The summed E-state index contributed by atoms with van der Waals surface area (Å²) in [6.07, 6.45) is 0.133. The maximum atomic E-state index is 12.3. The molecule has 4 aromatic rings. The van der Waals surface area contributed by atoms with Gasteiger partial charge in [-0.2, -0.15) is 0 Å². The van der Waals surface area contributed by atoms with E-state index < -0.39 is 4.92 Å². The second-order valence-corrected chi connectivity index (χ2v) is 9.72. The number of rotatable bonds is 7. The number of carbonyl (C=O) groups excluding carboxylic acids is 1. The molecule has 0 aliphatic carbocycles. The van der Waals surface area contributed by atoms with Crippen molar-refractivity contribution in [2.24, 2.45) is 0 Å². The van der Waals surface area contributed by atoms with Crippen LogP contribution in [0.2, 0.25) is 5.02 Å². The summed E-state index contributed by atoms with van der Waals surface area (Å²) in [7, 11) is 0. The van der Waals surface area contributed by atoms with Crippen LogP contribution in [0.4, 0.5) is 10.8 Å². The lowest BCUT2D eigenvalue weighted by Gasteiger charge is -2.00. The van der Waals surface area contributed by atoms with Crippen LogP contribution >= 0.6 is 46.0 Å². The molecule has 152 valence electrons. The van der Waals surface area contributed by atoms with Crippen molar-refractivity contribution in [2.75, 3.05) is 5.32 Å². The van der Waals surface area contributed by atoms with E-state index >= 15 is 0 Å². The van der Waals surface area contributed by atoms with E-state index in [2.05, 4.69) is 15.3 Å². The van der Waals surface area contributed by atoms with Crippen LogP contribution in [0.1, 0.15) is 11.3 Å². The van der Waals surface area contributed by atoms with E-state index in [1.807, 2.05) is 29.6 Å². The van der Waals surface area contributed by atoms with Crippen LogP contribution in [0.25, 0.3) is 10.2 Å². The minimum absolute atomic E-state index is 0.00451. The third-order valence-electron chi connectivity index (χ3n) is 3.98. The van der Waals surface area contributed by atoms with Gasteiger partial charge in [-0.05, 0) is 23.8 Å². The van der Waals surface area contributed by atoms with Gasteiger partial charge in [-0.15, -0.1) is 11.3 Å². The van der Waals surface area contributed by atoms with Crippen molar-refractivity contribution >= 4 is 73.0 Å². The van der Waals surface area contributed by atoms with Crippen LogP contribution in [0.5, 0.6) is 0 Å². The van der Waals surface area contributed by atoms with E-state index in [4.69, 9.17) is 11.6 Å². The van der Waals surface area contributed by atoms with Crippen LogP contribution in [0, 0.1) is 10.1 Å². The lowest BCUT2D eigenvalue weighted by Crippen LogP contribution is -2.14. The molecule has 30 heavy (non-hydrogen) atoms. The first-order chi connectivity index (χ1) is 14.5. The number of thiazole rings is 2. The van der Waals surface area contributed by atoms with Gasteiger partial charge < -0.3 is 5.32 Å². The van der Waals surface area contributed by atoms with Crippen LogP contribution < -0.4 is 5.32 Å². The summed E-state index contributed by atoms with van der Waals surface area (Å²) in [6.45, 7) is 0. The molecule has 0 aliphatic rings. The summed E-state index contributed by atoms with van der Waals surface area (Å²) < 4.78 is 1.54. The molecule has 11 heteroatoms. The topological polar surface area (TPSA) is 98.0 Å². The van der Waals surface area contributed by atoms with Gasteiger partial charge in [0, 0.05) is 28.3 Å². The number of fused-ring (bicyclic) bond motifs is 1. The highest BCUT2D eigenvalue weighted by Gasteiger charge is 2.13. The largest absolute Gasteiger partial charge is 0.302 e. The van der Waals surface area contributed by atoms with Gasteiger partial charge in [-0.3, -0.25) is 14.9 Å². The molecule has 2 aromatic carbocycles. The number of nitro groups is 1. The number of anilines is 1. The summed E-state index contributed by atoms with van der Waals surface area (Å²) in [5.41, 5.74) is 2.44. The average molecular weight is 477 g/mol. The predicted octanol–water partition coefficient (Wildman–Crippen LogP) is 5.79. The molecule has 0 radical (unpaired) electrons. The Labute approximate surface area is 188 Å². The fourth-order valence-electron chi connectivity index (χ4n) is 2.57. The summed E-state index contributed by atoms with van der Waals surface area (Å²) in [6, 6.07) is 12.1. The number of nitro benzene ring substituents is 1. The molecule has 0 saturated heterocycles. The molecule has 1 N–H and O–H groups in total. The van der Waals surface area contributed by atoms with Crippen LogP contribution in [-0.2, 0) is 17.0 Å². The number of halogens is 1. The molecule has 2 aromatic heterocycles. The quantitative estimate of drug-likeness (QED) is 0.206. The molecule has 0 unspecified atom stereocenters. The summed E-state index contributed by atoms with van der Waals surface area (Å²) in [5, 5.41) is 16.6. The van der Waals surface area contributed by atoms with Gasteiger partial charge in [0.15, 0.2) is 5.13 Å². The molecular formula is C19H13ClN4O3S3. The number of non-ortho nitro benzene ring substituents is 1. The van der Waals surface area contributed by atoms with Gasteiger partial charge in [0.05, 0.1) is 27.3 Å². The second kappa shape index (κ2) is 9.09. The Kier molecular flexibility index (Phi) is 6.28. The zero-order valence-electron chi connectivity index (χ0n) is 15.2. The third-order valence-corrected chi connectivity index (χ3v) is 7.30. The zero-order valence-corrected chi connectivity index (χ0v) is 18.4. The van der Waals surface area contributed by atoms with E-state index in [1.165, 1.54) is 34.8 Å². The van der Waals surface area contributed by atoms with E-state index in [1.54, 1.807) is 17.8 Å². The average Bonchev–Trinajstić information content (AvgIpc) is 3.32. The number of hydrogen-bond acceptors (Lipinski definition) is 8. The monoisotopic (exact) mass is 476 g/mol. The molecule has 0 fully saturated rings. The molecule has 0 bridgehead atoms. The Morgan fingerprint density at radius 1 is 1.20 bits per heavy atom. The molecule has 0 atom stereocenters. The first kappa shape index (κ1) is 20.7. The van der Waals surface area contributed by atoms with Gasteiger partial charge in [0.25, 0.3) is 5.69 Å². The lowest BCUT2D eigenvalue weighted by molar-refractivity contribution is -0.384. The minimum atomic E-state index is -0.456. The standard InChI is InChI=1S/C19H13ClN4O3S3/c20-12-3-1-11(2-4-12)9-28-19-21-13(10-29-19)7-17(25)23-18-22-15-6-5-14(24(26)27)8-16(15)30-18/h1-6,8,10H,7,9H2,(H,22,23,25). The summed E-state index contributed by atoms with van der Waals surface area (Å²) >= 11 is 10.2. The Hall–Kier alpha value is -2.53. The lowest BCUT2D eigenvalue weighted by atomic mass is 10.2. The normalized spacial score (nSPS) is 11.0. The maximum Gasteiger partial charge on any atom is 0.270 e. The van der Waals surface area contributed by atoms with Gasteiger partial charge in [-0.1, -0.05) is 46.8 Å². The van der Waals surface area contributed by atoms with E-state index in [9.17, 15) is 14.9 Å². The van der Waals surface area contributed by atoms with Gasteiger partial charge in [-0.25, -0.2) is 9.97 Å². The van der Waals surface area contributed by atoms with Crippen LogP contribution in [0.3, 0.4) is 0 Å². The van der Waals surface area contributed by atoms with Crippen LogP contribution in [0.15, 0.2) is 52.2 Å². The molecule has 7 nitrogen and oxygen atoms in total. The van der Waals surface area contributed by atoms with Crippen molar-refractivity contribution in [3.05, 3.63) is 74.2 Å². The Morgan fingerprint density at radius 3 is 2.77 bits per heavy atom. The summed E-state index contributed by atoms with van der Waals surface area (Å²) in [4.78, 5) is 31.6. The number of nitrogens with zero attached hydrogens (tertiary/aromatic N) is 3. The smallest absolute Gasteiger partial charge is 0.270 e. The number of amides is 1. The van der Waals surface area contributed by atoms with Gasteiger partial charge in [0.2, 0.25) is 5.91 Å². The van der Waals surface area contributed by atoms with E-state index in [-0.39, 0.29) is 18.0 Å². The first-order valence-electron chi connectivity index (χ1n) is 8.63. The first-order valence-corrected chi connectivity index (χ1v) is 11.7. The van der Waals surface area contributed by atoms with Crippen LogP contribution in [-0.4, -0.2) is 20.8 Å². The molecule has 1 amide bonds. The summed E-state index contributed by atoms with van der Waals surface area (Å²) in [5.74, 6) is 0.539. The molecule has 4 rings (SSSR count). The maximum absolute atomic E-state index is 12.3. The Bertz CT molecular complexity index is 1220. The second-order valence-electron chi connectivity index (χ2n) is 6.17. The number of aromatic nitrogens is 2. The van der Waals surface area contributed by atoms with E-state index in [0.717, 1.165) is 15.7 Å². The zero-order chi connectivity index (χ0) is 21.1. The predicted molar refractivity (Wildman–Crippen MR) is 122 cm³/mol. The Morgan fingerprint density at radius 2 is 2.00 bits per heavy atom. The number of nitrogens with one attached hydrogen (secondary N) is 1. The number of hydrogen-bond donors (Lipinski definition) is 1. The highest BCUT2D eigenvalue weighted by molar-refractivity contribution is 8.00. The number of carbonyl (C=O) groups is 1. The Balaban J connectivity index is 1.34. The molecule has 0 saturated carbocycles. The SMILES string of the molecule is O=C(Cc1csc(SCc2ccc(Cl)cc2)n1)Nc1nc2ccc([N+](=O)[O-])cc2s1. The number of thioether (sulfide) groups is 1. The van der Waals surface area contributed by atoms with Crippen molar-refractivity contribution < 1.29 is 9.72 Å². The molecular weight excluding hydrogens is 464 g/mol. The van der Waals surface area contributed by atoms with E-state index in [0.29, 0.717) is 26.1 Å². The van der Waals surface area contributed by atoms with Crippen molar-refractivity contribution in [2.45, 2.75) is 16.5 Å². The number of benzene rings is 2. The van der Waals surface area contributed by atoms with Crippen molar-refractivity contribution in [1.82, 2.24) is 9.97 Å². The molecule has 2 heterocycles. The minimum Gasteiger partial charge on any atom is -0.302 e. The van der Waals surface area contributed by atoms with Gasteiger partial charge >= 0.3 is 0 Å². The molecule has 0 spiro atoms. The van der Waals surface area contributed by atoms with Crippen molar-refractivity contribution in [3.8, 4) is 0 Å². The van der Waals surface area contributed by atoms with Crippen molar-refractivity contribution in [3.63, 3.8) is 0 Å². The molecule has 0 aliphatic heterocycles. The van der Waals surface area contributed by atoms with Gasteiger partial charge in [0.1, 0.15) is 4.34 Å². The van der Waals surface area contributed by atoms with Crippen molar-refractivity contribution in [1.29, 1.82) is 0 Å². The highest BCUT2D eigenvalue weighted by atomic mass is 35.5. The highest BCUT2D eigenvalue weighted by Crippen LogP contribution is 2.30.